The molecule has 6 heteroatoms. The van der Waals surface area contributed by atoms with Crippen molar-refractivity contribution in [1.29, 1.82) is 0 Å². The number of methoxy groups -OCH3 is 1. The lowest BCUT2D eigenvalue weighted by Crippen LogP contribution is -2.47. The molecule has 1 rings (SSSR count). The van der Waals surface area contributed by atoms with E-state index < -0.39 is 5.41 Å². The number of rotatable bonds is 7. The number of hydrogen-bond donors (Lipinski definition) is 3. The molecule has 1 aliphatic carbocycles. The van der Waals surface area contributed by atoms with Crippen LogP contribution in [0.5, 0.6) is 0 Å². The van der Waals surface area contributed by atoms with Gasteiger partial charge in [-0.25, -0.2) is 0 Å². The molecule has 1 fully saturated rings. The van der Waals surface area contributed by atoms with Gasteiger partial charge in [-0.3, -0.25) is 9.59 Å². The Balaban J connectivity index is 2.29. The lowest BCUT2D eigenvalue weighted by molar-refractivity contribution is -0.132. The first kappa shape index (κ1) is 14.9. The third kappa shape index (κ3) is 3.96. The van der Waals surface area contributed by atoms with E-state index in [9.17, 15) is 9.59 Å². The van der Waals surface area contributed by atoms with Gasteiger partial charge in [0.25, 0.3) is 0 Å². The molecule has 4 N–H and O–H groups in total. The minimum Gasteiger partial charge on any atom is -0.383 e. The molecule has 104 valence electrons. The van der Waals surface area contributed by atoms with Gasteiger partial charge in [-0.1, -0.05) is 12.8 Å². The zero-order valence-electron chi connectivity index (χ0n) is 11.0. The van der Waals surface area contributed by atoms with Crippen LogP contribution in [-0.4, -0.2) is 45.2 Å². The second-order valence-electron chi connectivity index (χ2n) is 4.72. The minimum absolute atomic E-state index is 0.00426. The molecule has 0 aromatic carbocycles. The number of hydrogen-bond acceptors (Lipinski definition) is 4. The highest BCUT2D eigenvalue weighted by atomic mass is 16.5. The largest absolute Gasteiger partial charge is 0.383 e. The third-order valence-electron chi connectivity index (χ3n) is 3.47. The van der Waals surface area contributed by atoms with E-state index in [1.54, 1.807) is 7.11 Å². The molecule has 0 unspecified atom stereocenters. The molecular weight excluding hydrogens is 234 g/mol. The standard InChI is InChI=1S/C12H23N3O3/c1-18-7-6-14-10(16)8-15-11(17)12(9-13)4-2-3-5-12/h2-9,13H2,1H3,(H,14,16)(H,15,17). The molecule has 0 aliphatic heterocycles. The summed E-state index contributed by atoms with van der Waals surface area (Å²) in [6.07, 6.45) is 3.70. The molecule has 0 aromatic heterocycles. The maximum absolute atomic E-state index is 12.0. The number of ether oxygens (including phenoxy) is 1. The normalized spacial score (nSPS) is 17.4. The van der Waals surface area contributed by atoms with Crippen LogP contribution in [0.15, 0.2) is 0 Å². The van der Waals surface area contributed by atoms with E-state index >= 15 is 0 Å². The van der Waals surface area contributed by atoms with E-state index in [1.807, 2.05) is 0 Å². The highest BCUT2D eigenvalue weighted by Crippen LogP contribution is 2.37. The molecule has 0 saturated heterocycles. The summed E-state index contributed by atoms with van der Waals surface area (Å²) < 4.78 is 4.81. The van der Waals surface area contributed by atoms with Crippen molar-refractivity contribution in [2.45, 2.75) is 25.7 Å². The Kier molecular flexibility index (Phi) is 6.07. The first-order valence-electron chi connectivity index (χ1n) is 6.38. The van der Waals surface area contributed by atoms with Crippen LogP contribution in [0.3, 0.4) is 0 Å². The molecule has 0 bridgehead atoms. The third-order valence-corrected chi connectivity index (χ3v) is 3.47. The van der Waals surface area contributed by atoms with Gasteiger partial charge in [-0.2, -0.15) is 0 Å². The predicted octanol–water partition coefficient (Wildman–Crippen LogP) is -0.616. The number of carbonyl (C=O) groups excluding carboxylic acids is 2. The highest BCUT2D eigenvalue weighted by molar-refractivity contribution is 5.88. The van der Waals surface area contributed by atoms with Crippen LogP contribution in [0, 0.1) is 5.41 Å². The van der Waals surface area contributed by atoms with Crippen molar-refractivity contribution in [1.82, 2.24) is 10.6 Å². The lowest BCUT2D eigenvalue weighted by Gasteiger charge is -2.25. The summed E-state index contributed by atoms with van der Waals surface area (Å²) in [4.78, 5) is 23.5. The molecule has 0 aromatic rings. The second kappa shape index (κ2) is 7.33. The fourth-order valence-corrected chi connectivity index (χ4v) is 2.28. The van der Waals surface area contributed by atoms with Crippen molar-refractivity contribution in [2.75, 3.05) is 33.4 Å². The van der Waals surface area contributed by atoms with Gasteiger partial charge in [0.1, 0.15) is 0 Å². The lowest BCUT2D eigenvalue weighted by atomic mass is 9.85. The SMILES string of the molecule is COCCNC(=O)CNC(=O)C1(CN)CCCC1. The highest BCUT2D eigenvalue weighted by Gasteiger charge is 2.39. The molecule has 1 aliphatic rings. The topological polar surface area (TPSA) is 93.5 Å². The van der Waals surface area contributed by atoms with E-state index in [2.05, 4.69) is 10.6 Å². The number of nitrogens with two attached hydrogens (primary N) is 1. The molecular formula is C12H23N3O3. The monoisotopic (exact) mass is 257 g/mol. The van der Waals surface area contributed by atoms with Crippen LogP contribution in [0.4, 0.5) is 0 Å². The van der Waals surface area contributed by atoms with Crippen LogP contribution in [0.2, 0.25) is 0 Å². The van der Waals surface area contributed by atoms with Crippen LogP contribution in [0.25, 0.3) is 0 Å². The molecule has 0 spiro atoms. The summed E-state index contributed by atoms with van der Waals surface area (Å²) in [6.45, 7) is 1.27. The van der Waals surface area contributed by atoms with Crippen LogP contribution in [-0.2, 0) is 14.3 Å². The molecule has 18 heavy (non-hydrogen) atoms. The van der Waals surface area contributed by atoms with Gasteiger partial charge >= 0.3 is 0 Å². The molecule has 0 atom stereocenters. The van der Waals surface area contributed by atoms with E-state index in [0.29, 0.717) is 19.7 Å². The van der Waals surface area contributed by atoms with Crippen LogP contribution < -0.4 is 16.4 Å². The Hall–Kier alpha value is -1.14. The fourth-order valence-electron chi connectivity index (χ4n) is 2.28. The van der Waals surface area contributed by atoms with E-state index in [-0.39, 0.29) is 18.4 Å². The first-order valence-corrected chi connectivity index (χ1v) is 6.38. The van der Waals surface area contributed by atoms with Crippen molar-refractivity contribution >= 4 is 11.8 Å². The molecule has 1 saturated carbocycles. The minimum atomic E-state index is -0.452. The van der Waals surface area contributed by atoms with E-state index in [0.717, 1.165) is 25.7 Å². The summed E-state index contributed by atoms with van der Waals surface area (Å²) in [5.41, 5.74) is 5.24. The van der Waals surface area contributed by atoms with Crippen molar-refractivity contribution in [2.24, 2.45) is 11.1 Å². The summed E-state index contributed by atoms with van der Waals surface area (Å²) in [5, 5.41) is 5.32. The molecule has 2 amide bonds. The van der Waals surface area contributed by atoms with Crippen molar-refractivity contribution in [3.05, 3.63) is 0 Å². The van der Waals surface area contributed by atoms with Crippen molar-refractivity contribution < 1.29 is 14.3 Å². The summed E-state index contributed by atoms with van der Waals surface area (Å²) in [6, 6.07) is 0. The van der Waals surface area contributed by atoms with Crippen LogP contribution in [0.1, 0.15) is 25.7 Å². The zero-order valence-corrected chi connectivity index (χ0v) is 11.0. The Morgan fingerprint density at radius 3 is 2.50 bits per heavy atom. The summed E-state index contributed by atoms with van der Waals surface area (Å²) >= 11 is 0. The Bertz CT molecular complexity index is 288. The molecule has 0 heterocycles. The van der Waals surface area contributed by atoms with Gasteiger partial charge in [-0.05, 0) is 12.8 Å². The first-order chi connectivity index (χ1) is 8.64. The summed E-state index contributed by atoms with van der Waals surface area (Å²) in [7, 11) is 1.57. The predicted molar refractivity (Wildman–Crippen MR) is 67.9 cm³/mol. The quantitative estimate of drug-likeness (QED) is 0.530. The average molecular weight is 257 g/mol. The van der Waals surface area contributed by atoms with E-state index in [1.165, 1.54) is 0 Å². The summed E-state index contributed by atoms with van der Waals surface area (Å²) in [5.74, 6) is -0.296. The number of carbonyl (C=O) groups is 2. The average Bonchev–Trinajstić information content (AvgIpc) is 2.86. The van der Waals surface area contributed by atoms with Gasteiger partial charge in [0.15, 0.2) is 0 Å². The maximum Gasteiger partial charge on any atom is 0.239 e. The van der Waals surface area contributed by atoms with Gasteiger partial charge in [0, 0.05) is 20.2 Å². The Morgan fingerprint density at radius 2 is 1.94 bits per heavy atom. The number of amides is 2. The fraction of sp³-hybridized carbons (Fsp3) is 0.833. The second-order valence-corrected chi connectivity index (χ2v) is 4.72. The number of nitrogens with one attached hydrogen (secondary N) is 2. The molecule has 6 nitrogen and oxygen atoms in total. The maximum atomic E-state index is 12.0. The van der Waals surface area contributed by atoms with Gasteiger partial charge < -0.3 is 21.1 Å². The Labute approximate surface area is 108 Å². The molecule has 0 radical (unpaired) electrons. The van der Waals surface area contributed by atoms with E-state index in [4.69, 9.17) is 10.5 Å². The smallest absolute Gasteiger partial charge is 0.239 e. The zero-order chi connectivity index (χ0) is 13.4. The van der Waals surface area contributed by atoms with Crippen molar-refractivity contribution in [3.63, 3.8) is 0 Å². The van der Waals surface area contributed by atoms with Gasteiger partial charge in [-0.15, -0.1) is 0 Å². The van der Waals surface area contributed by atoms with Crippen molar-refractivity contribution in [3.8, 4) is 0 Å². The van der Waals surface area contributed by atoms with Gasteiger partial charge in [0.2, 0.25) is 11.8 Å². The Morgan fingerprint density at radius 1 is 1.28 bits per heavy atom. The van der Waals surface area contributed by atoms with Crippen LogP contribution >= 0.6 is 0 Å². The van der Waals surface area contributed by atoms with Gasteiger partial charge in [0.05, 0.1) is 18.6 Å².